The molecule has 1 amide bonds. The van der Waals surface area contributed by atoms with E-state index in [4.69, 9.17) is 0 Å². The Kier molecular flexibility index (Phi) is 5.22. The summed E-state index contributed by atoms with van der Waals surface area (Å²) in [5, 5.41) is 6.52. The van der Waals surface area contributed by atoms with Crippen LogP contribution in [0.15, 0.2) is 0 Å². The smallest absolute Gasteiger partial charge is 0.240 e. The molecule has 4 nitrogen and oxygen atoms in total. The number of piperidine rings is 1. The molecule has 2 aliphatic rings. The van der Waals surface area contributed by atoms with E-state index >= 15 is 0 Å². The van der Waals surface area contributed by atoms with Crippen LogP contribution in [0.5, 0.6) is 0 Å². The highest BCUT2D eigenvalue weighted by Crippen LogP contribution is 2.23. The number of nitrogens with one attached hydrogen (secondary N) is 2. The molecule has 0 radical (unpaired) electrons. The van der Waals surface area contributed by atoms with Gasteiger partial charge in [0.15, 0.2) is 0 Å². The maximum absolute atomic E-state index is 12.3. The van der Waals surface area contributed by atoms with Gasteiger partial charge in [0.25, 0.3) is 0 Å². The molecule has 2 saturated heterocycles. The van der Waals surface area contributed by atoms with Crippen molar-refractivity contribution in [2.75, 3.05) is 32.7 Å². The van der Waals surface area contributed by atoms with E-state index in [1.54, 1.807) is 0 Å². The van der Waals surface area contributed by atoms with E-state index in [0.717, 1.165) is 44.8 Å². The first-order chi connectivity index (χ1) is 9.16. The maximum Gasteiger partial charge on any atom is 0.240 e. The zero-order valence-electron chi connectivity index (χ0n) is 12.5. The minimum absolute atomic E-state index is 0.206. The topological polar surface area (TPSA) is 44.4 Å². The summed E-state index contributed by atoms with van der Waals surface area (Å²) in [6.45, 7) is 9.57. The normalized spacial score (nSPS) is 29.6. The minimum atomic E-state index is -0.281. The molecule has 2 fully saturated rings. The van der Waals surface area contributed by atoms with Gasteiger partial charge in [0.05, 0.1) is 5.54 Å². The van der Waals surface area contributed by atoms with Gasteiger partial charge < -0.3 is 15.5 Å². The molecule has 19 heavy (non-hydrogen) atoms. The van der Waals surface area contributed by atoms with Crippen molar-refractivity contribution in [2.45, 2.75) is 51.5 Å². The molecular weight excluding hydrogens is 238 g/mol. The average Bonchev–Trinajstić information content (AvgIpc) is 2.91. The van der Waals surface area contributed by atoms with Crippen molar-refractivity contribution in [3.63, 3.8) is 0 Å². The lowest BCUT2D eigenvalue weighted by Crippen LogP contribution is -2.54. The quantitative estimate of drug-likeness (QED) is 0.791. The van der Waals surface area contributed by atoms with Gasteiger partial charge in [-0.1, -0.05) is 13.8 Å². The van der Waals surface area contributed by atoms with Crippen LogP contribution in [0.1, 0.15) is 46.0 Å². The molecule has 0 spiro atoms. The van der Waals surface area contributed by atoms with Gasteiger partial charge in [0.2, 0.25) is 5.91 Å². The molecule has 2 aliphatic heterocycles. The van der Waals surface area contributed by atoms with Crippen molar-refractivity contribution in [3.05, 3.63) is 0 Å². The summed E-state index contributed by atoms with van der Waals surface area (Å²) in [6, 6.07) is 0. The van der Waals surface area contributed by atoms with Crippen LogP contribution < -0.4 is 10.6 Å². The molecule has 110 valence electrons. The number of carbonyl (C=O) groups is 1. The van der Waals surface area contributed by atoms with Crippen LogP contribution in [0, 0.1) is 5.92 Å². The van der Waals surface area contributed by atoms with Gasteiger partial charge in [-0.15, -0.1) is 0 Å². The Labute approximate surface area is 117 Å². The number of likely N-dealkylation sites (tertiary alicyclic amines) is 1. The zero-order chi connectivity index (χ0) is 13.7. The monoisotopic (exact) mass is 267 g/mol. The third-order valence-electron chi connectivity index (χ3n) is 4.87. The summed E-state index contributed by atoms with van der Waals surface area (Å²) in [4.78, 5) is 14.8. The van der Waals surface area contributed by atoms with E-state index in [1.165, 1.54) is 25.9 Å². The molecule has 2 heterocycles. The van der Waals surface area contributed by atoms with E-state index in [9.17, 15) is 4.79 Å². The molecule has 0 saturated carbocycles. The number of rotatable bonds is 5. The highest BCUT2D eigenvalue weighted by atomic mass is 16.2. The van der Waals surface area contributed by atoms with Gasteiger partial charge in [-0.2, -0.15) is 0 Å². The third kappa shape index (κ3) is 3.69. The van der Waals surface area contributed by atoms with Crippen molar-refractivity contribution >= 4 is 5.91 Å². The van der Waals surface area contributed by atoms with E-state index in [1.807, 2.05) is 0 Å². The van der Waals surface area contributed by atoms with E-state index < -0.39 is 0 Å². The summed E-state index contributed by atoms with van der Waals surface area (Å²) in [6.07, 6.45) is 5.59. The molecule has 0 aromatic rings. The van der Waals surface area contributed by atoms with Crippen LogP contribution in [0.4, 0.5) is 0 Å². The number of hydrogen-bond acceptors (Lipinski definition) is 3. The molecule has 1 atom stereocenters. The Morgan fingerprint density at radius 1 is 1.42 bits per heavy atom. The van der Waals surface area contributed by atoms with E-state index in [0.29, 0.717) is 0 Å². The standard InChI is InChI=1S/C15H29N3O/c1-3-15(7-4-8-17-15)14(19)16-9-12-18-10-5-13(2)6-11-18/h13,17H,3-12H2,1-2H3,(H,16,19). The van der Waals surface area contributed by atoms with Gasteiger partial charge in [-0.25, -0.2) is 0 Å². The van der Waals surface area contributed by atoms with Crippen LogP contribution in [0.2, 0.25) is 0 Å². The second-order valence-electron chi connectivity index (χ2n) is 6.25. The van der Waals surface area contributed by atoms with Crippen LogP contribution in [-0.4, -0.2) is 49.1 Å². The Morgan fingerprint density at radius 3 is 2.74 bits per heavy atom. The van der Waals surface area contributed by atoms with Gasteiger partial charge >= 0.3 is 0 Å². The summed E-state index contributed by atoms with van der Waals surface area (Å²) in [5.74, 6) is 1.08. The lowest BCUT2D eigenvalue weighted by Gasteiger charge is -2.31. The maximum atomic E-state index is 12.3. The van der Waals surface area contributed by atoms with Crippen molar-refractivity contribution in [1.29, 1.82) is 0 Å². The molecule has 2 rings (SSSR count). The second kappa shape index (κ2) is 6.71. The average molecular weight is 267 g/mol. The Bertz CT molecular complexity index is 292. The van der Waals surface area contributed by atoms with Gasteiger partial charge in [0, 0.05) is 13.1 Å². The summed E-state index contributed by atoms with van der Waals surface area (Å²) < 4.78 is 0. The van der Waals surface area contributed by atoms with Crippen molar-refractivity contribution in [1.82, 2.24) is 15.5 Å². The predicted molar refractivity (Wildman–Crippen MR) is 78.1 cm³/mol. The Hall–Kier alpha value is -0.610. The van der Waals surface area contributed by atoms with E-state index in [2.05, 4.69) is 29.4 Å². The number of nitrogens with zero attached hydrogens (tertiary/aromatic N) is 1. The fraction of sp³-hybridized carbons (Fsp3) is 0.933. The Morgan fingerprint density at radius 2 is 2.16 bits per heavy atom. The highest BCUT2D eigenvalue weighted by molar-refractivity contribution is 5.86. The van der Waals surface area contributed by atoms with Crippen molar-refractivity contribution in [3.8, 4) is 0 Å². The lowest BCUT2D eigenvalue weighted by atomic mass is 9.93. The van der Waals surface area contributed by atoms with E-state index in [-0.39, 0.29) is 11.4 Å². The minimum Gasteiger partial charge on any atom is -0.353 e. The molecular formula is C15H29N3O. The molecule has 0 aromatic heterocycles. The van der Waals surface area contributed by atoms with Crippen LogP contribution in [-0.2, 0) is 4.79 Å². The lowest BCUT2D eigenvalue weighted by molar-refractivity contribution is -0.127. The molecule has 1 unspecified atom stereocenters. The number of hydrogen-bond donors (Lipinski definition) is 2. The predicted octanol–water partition coefficient (Wildman–Crippen LogP) is 1.37. The van der Waals surface area contributed by atoms with Crippen molar-refractivity contribution < 1.29 is 4.79 Å². The number of amides is 1. The van der Waals surface area contributed by atoms with Crippen molar-refractivity contribution in [2.24, 2.45) is 5.92 Å². The highest BCUT2D eigenvalue weighted by Gasteiger charge is 2.38. The molecule has 2 N–H and O–H groups in total. The molecule has 0 bridgehead atoms. The first kappa shape index (κ1) is 14.8. The van der Waals surface area contributed by atoms with Gasteiger partial charge in [0.1, 0.15) is 0 Å². The fourth-order valence-corrected chi connectivity index (χ4v) is 3.24. The fourth-order valence-electron chi connectivity index (χ4n) is 3.24. The Balaban J connectivity index is 1.69. The van der Waals surface area contributed by atoms with Crippen LogP contribution in [0.25, 0.3) is 0 Å². The second-order valence-corrected chi connectivity index (χ2v) is 6.25. The number of carbonyl (C=O) groups excluding carboxylic acids is 1. The van der Waals surface area contributed by atoms with Crippen LogP contribution in [0.3, 0.4) is 0 Å². The third-order valence-corrected chi connectivity index (χ3v) is 4.87. The largest absolute Gasteiger partial charge is 0.353 e. The first-order valence-corrected chi connectivity index (χ1v) is 7.92. The SMILES string of the molecule is CCC1(C(=O)NCCN2CCC(C)CC2)CCCN1. The van der Waals surface area contributed by atoms with Crippen LogP contribution >= 0.6 is 0 Å². The van der Waals surface area contributed by atoms with Gasteiger partial charge in [-0.05, 0) is 57.7 Å². The first-order valence-electron chi connectivity index (χ1n) is 7.92. The van der Waals surface area contributed by atoms with Gasteiger partial charge in [-0.3, -0.25) is 4.79 Å². The summed E-state index contributed by atoms with van der Waals surface area (Å²) in [7, 11) is 0. The molecule has 0 aliphatic carbocycles. The zero-order valence-corrected chi connectivity index (χ0v) is 12.5. The summed E-state index contributed by atoms with van der Waals surface area (Å²) >= 11 is 0. The summed E-state index contributed by atoms with van der Waals surface area (Å²) in [5.41, 5.74) is -0.281. The molecule has 4 heteroatoms. The molecule has 0 aromatic carbocycles.